The third kappa shape index (κ3) is 3.30. The van der Waals surface area contributed by atoms with Crippen LogP contribution in [0.3, 0.4) is 0 Å². The van der Waals surface area contributed by atoms with Gasteiger partial charge in [-0.05, 0) is 6.07 Å². The van der Waals surface area contributed by atoms with Crippen molar-refractivity contribution < 1.29 is 4.74 Å². The van der Waals surface area contributed by atoms with E-state index < -0.39 is 0 Å². The average Bonchev–Trinajstić information content (AvgIpc) is 2.73. The van der Waals surface area contributed by atoms with Crippen molar-refractivity contribution in [2.45, 2.75) is 26.4 Å². The van der Waals surface area contributed by atoms with E-state index in [2.05, 4.69) is 29.2 Å². The Morgan fingerprint density at radius 2 is 2.28 bits per heavy atom. The second-order valence-corrected chi connectivity index (χ2v) is 4.46. The van der Waals surface area contributed by atoms with Gasteiger partial charge < -0.3 is 10.1 Å². The highest BCUT2D eigenvalue weighted by atomic mass is 16.5. The van der Waals surface area contributed by atoms with Crippen molar-refractivity contribution in [1.29, 1.82) is 0 Å². The first kappa shape index (κ1) is 12.6. The molecule has 0 spiro atoms. The predicted molar refractivity (Wildman–Crippen MR) is 69.5 cm³/mol. The summed E-state index contributed by atoms with van der Waals surface area (Å²) < 4.78 is 7.43. The van der Waals surface area contributed by atoms with Crippen LogP contribution >= 0.6 is 0 Å². The fourth-order valence-electron chi connectivity index (χ4n) is 1.53. The quantitative estimate of drug-likeness (QED) is 0.877. The standard InChI is InChI=1S/C13H18N4O/c1-10(2)15-7-11-5-4-6-14-13(11)18-12-8-16-17(3)9-12/h4-6,8-10,15H,7H2,1-3H3. The molecule has 0 bridgehead atoms. The van der Waals surface area contributed by atoms with Crippen LogP contribution in [0.15, 0.2) is 30.7 Å². The molecule has 0 atom stereocenters. The number of aryl methyl sites for hydroxylation is 1. The lowest BCUT2D eigenvalue weighted by molar-refractivity contribution is 0.449. The minimum Gasteiger partial charge on any atom is -0.435 e. The van der Waals surface area contributed by atoms with Crippen LogP contribution in [-0.4, -0.2) is 20.8 Å². The number of nitrogens with zero attached hydrogens (tertiary/aromatic N) is 3. The Hall–Kier alpha value is -1.88. The molecule has 0 aromatic carbocycles. The Bertz CT molecular complexity index is 507. The van der Waals surface area contributed by atoms with Crippen molar-refractivity contribution in [3.8, 4) is 11.6 Å². The van der Waals surface area contributed by atoms with Gasteiger partial charge in [-0.25, -0.2) is 4.98 Å². The Kier molecular flexibility index (Phi) is 3.94. The van der Waals surface area contributed by atoms with E-state index in [0.717, 1.165) is 12.1 Å². The van der Waals surface area contributed by atoms with E-state index in [-0.39, 0.29) is 0 Å². The highest BCUT2D eigenvalue weighted by molar-refractivity contribution is 5.29. The summed E-state index contributed by atoms with van der Waals surface area (Å²) in [4.78, 5) is 4.26. The molecular weight excluding hydrogens is 228 g/mol. The molecule has 2 aromatic heterocycles. The monoisotopic (exact) mass is 246 g/mol. The van der Waals surface area contributed by atoms with Crippen molar-refractivity contribution in [1.82, 2.24) is 20.1 Å². The molecule has 2 rings (SSSR count). The lowest BCUT2D eigenvalue weighted by atomic mass is 10.2. The molecule has 0 saturated heterocycles. The van der Waals surface area contributed by atoms with Crippen LogP contribution in [0.2, 0.25) is 0 Å². The first-order valence-corrected chi connectivity index (χ1v) is 5.99. The summed E-state index contributed by atoms with van der Waals surface area (Å²) in [6, 6.07) is 4.35. The van der Waals surface area contributed by atoms with Gasteiger partial charge in [-0.1, -0.05) is 19.9 Å². The Morgan fingerprint density at radius 1 is 1.44 bits per heavy atom. The van der Waals surface area contributed by atoms with Crippen molar-refractivity contribution in [3.05, 3.63) is 36.3 Å². The zero-order chi connectivity index (χ0) is 13.0. The molecule has 0 aliphatic carbocycles. The van der Waals surface area contributed by atoms with Gasteiger partial charge in [0.15, 0.2) is 5.75 Å². The molecule has 0 radical (unpaired) electrons. The van der Waals surface area contributed by atoms with Crippen LogP contribution in [-0.2, 0) is 13.6 Å². The number of pyridine rings is 1. The zero-order valence-corrected chi connectivity index (χ0v) is 10.9. The lowest BCUT2D eigenvalue weighted by Gasteiger charge is -2.11. The molecule has 5 heteroatoms. The van der Waals surface area contributed by atoms with Crippen molar-refractivity contribution in [2.75, 3.05) is 0 Å². The molecule has 0 aliphatic heterocycles. The topological polar surface area (TPSA) is 52.0 Å². The normalized spacial score (nSPS) is 10.9. The number of rotatable bonds is 5. The van der Waals surface area contributed by atoms with Crippen LogP contribution < -0.4 is 10.1 Å². The largest absolute Gasteiger partial charge is 0.435 e. The number of hydrogen-bond acceptors (Lipinski definition) is 4. The maximum atomic E-state index is 5.73. The first-order chi connectivity index (χ1) is 8.65. The molecule has 0 fully saturated rings. The summed E-state index contributed by atoms with van der Waals surface area (Å²) in [5.74, 6) is 1.32. The highest BCUT2D eigenvalue weighted by Gasteiger charge is 2.07. The zero-order valence-electron chi connectivity index (χ0n) is 10.9. The third-order valence-electron chi connectivity index (χ3n) is 2.45. The van der Waals surface area contributed by atoms with E-state index in [1.54, 1.807) is 17.1 Å². The van der Waals surface area contributed by atoms with Gasteiger partial charge in [0.25, 0.3) is 0 Å². The van der Waals surface area contributed by atoms with Crippen LogP contribution in [0.5, 0.6) is 11.6 Å². The van der Waals surface area contributed by atoms with Gasteiger partial charge in [-0.2, -0.15) is 5.10 Å². The van der Waals surface area contributed by atoms with Gasteiger partial charge in [-0.3, -0.25) is 4.68 Å². The average molecular weight is 246 g/mol. The molecular formula is C13H18N4O. The Balaban J connectivity index is 2.11. The number of ether oxygens (including phenoxy) is 1. The van der Waals surface area contributed by atoms with Crippen LogP contribution in [0.4, 0.5) is 0 Å². The fraction of sp³-hybridized carbons (Fsp3) is 0.385. The van der Waals surface area contributed by atoms with E-state index in [9.17, 15) is 0 Å². The van der Waals surface area contributed by atoms with E-state index in [0.29, 0.717) is 17.7 Å². The second-order valence-electron chi connectivity index (χ2n) is 4.46. The van der Waals surface area contributed by atoms with Crippen molar-refractivity contribution >= 4 is 0 Å². The molecule has 96 valence electrons. The van der Waals surface area contributed by atoms with Gasteiger partial charge in [0.05, 0.1) is 12.4 Å². The number of hydrogen-bond donors (Lipinski definition) is 1. The molecule has 0 saturated carbocycles. The maximum Gasteiger partial charge on any atom is 0.223 e. The summed E-state index contributed by atoms with van der Waals surface area (Å²) in [6.07, 6.45) is 5.22. The molecule has 5 nitrogen and oxygen atoms in total. The van der Waals surface area contributed by atoms with Crippen LogP contribution in [0.25, 0.3) is 0 Å². The first-order valence-electron chi connectivity index (χ1n) is 5.99. The molecule has 0 unspecified atom stereocenters. The highest BCUT2D eigenvalue weighted by Crippen LogP contribution is 2.21. The van der Waals surface area contributed by atoms with Gasteiger partial charge in [0, 0.05) is 31.4 Å². The van der Waals surface area contributed by atoms with Gasteiger partial charge in [0.1, 0.15) is 0 Å². The summed E-state index contributed by atoms with van der Waals surface area (Å²) in [5.41, 5.74) is 1.04. The lowest BCUT2D eigenvalue weighted by Crippen LogP contribution is -2.22. The molecule has 2 aromatic rings. The Labute approximate surface area is 107 Å². The van der Waals surface area contributed by atoms with E-state index in [4.69, 9.17) is 4.74 Å². The fourth-order valence-corrected chi connectivity index (χ4v) is 1.53. The minimum atomic E-state index is 0.427. The molecule has 18 heavy (non-hydrogen) atoms. The minimum absolute atomic E-state index is 0.427. The molecule has 2 heterocycles. The SMILES string of the molecule is CC(C)NCc1cccnc1Oc1cnn(C)c1. The third-order valence-corrected chi connectivity index (χ3v) is 2.45. The van der Waals surface area contributed by atoms with Crippen molar-refractivity contribution in [3.63, 3.8) is 0 Å². The second kappa shape index (κ2) is 5.64. The van der Waals surface area contributed by atoms with E-state index in [1.165, 1.54) is 0 Å². The molecule has 1 N–H and O–H groups in total. The van der Waals surface area contributed by atoms with E-state index >= 15 is 0 Å². The smallest absolute Gasteiger partial charge is 0.223 e. The Morgan fingerprint density at radius 3 is 2.94 bits per heavy atom. The van der Waals surface area contributed by atoms with Gasteiger partial charge >= 0.3 is 0 Å². The van der Waals surface area contributed by atoms with Crippen LogP contribution in [0.1, 0.15) is 19.4 Å². The van der Waals surface area contributed by atoms with Gasteiger partial charge in [0.2, 0.25) is 5.88 Å². The van der Waals surface area contributed by atoms with Crippen molar-refractivity contribution in [2.24, 2.45) is 7.05 Å². The summed E-state index contributed by atoms with van der Waals surface area (Å²) in [7, 11) is 1.85. The summed E-state index contributed by atoms with van der Waals surface area (Å²) >= 11 is 0. The van der Waals surface area contributed by atoms with Gasteiger partial charge in [-0.15, -0.1) is 0 Å². The van der Waals surface area contributed by atoms with Crippen LogP contribution in [0, 0.1) is 0 Å². The maximum absolute atomic E-state index is 5.73. The molecule has 0 amide bonds. The summed E-state index contributed by atoms with van der Waals surface area (Å²) in [5, 5.41) is 7.42. The number of aromatic nitrogens is 3. The predicted octanol–water partition coefficient (Wildman–Crippen LogP) is 2.11. The summed E-state index contributed by atoms with van der Waals surface area (Å²) in [6.45, 7) is 4.96. The number of nitrogens with one attached hydrogen (secondary N) is 1. The molecule has 0 aliphatic rings. The van der Waals surface area contributed by atoms with E-state index in [1.807, 2.05) is 25.4 Å².